The molecule has 0 aliphatic heterocycles. The average molecular weight is 421 g/mol. The third-order valence-corrected chi connectivity index (χ3v) is 5.64. The number of amides is 2. The molecular weight excluding hydrogens is 392 g/mol. The molecule has 2 aromatic heterocycles. The summed E-state index contributed by atoms with van der Waals surface area (Å²) in [6, 6.07) is 13.3. The second kappa shape index (κ2) is 9.64. The van der Waals surface area contributed by atoms with Crippen LogP contribution in [0, 0.1) is 12.8 Å². The molecule has 1 aromatic carbocycles. The Labute approximate surface area is 181 Å². The normalized spacial score (nSPS) is 14.4. The van der Waals surface area contributed by atoms with Crippen LogP contribution in [0.3, 0.4) is 0 Å². The number of rotatable bonds is 7. The minimum Gasteiger partial charge on any atom is -0.460 e. The van der Waals surface area contributed by atoms with Gasteiger partial charge in [0.2, 0.25) is 5.91 Å². The number of aryl methyl sites for hydroxylation is 1. The van der Waals surface area contributed by atoms with Gasteiger partial charge in [-0.3, -0.25) is 9.59 Å². The van der Waals surface area contributed by atoms with Crippen molar-refractivity contribution >= 4 is 11.8 Å². The summed E-state index contributed by atoms with van der Waals surface area (Å²) in [7, 11) is 0. The standard InChI is InChI=1S/C24H28N4O3/c1-17-12-13-21(31-17)22-20(16-28(27-22)19-10-6-3-7-11-19)24(30)26-15-14-25-23(29)18-8-4-2-5-9-18/h3,6-7,10-13,16,18H,2,4-5,8-9,14-15H2,1H3,(H,25,29)(H,26,30). The first-order valence-electron chi connectivity index (χ1n) is 10.9. The zero-order chi connectivity index (χ0) is 21.6. The molecular formula is C24H28N4O3. The maximum atomic E-state index is 12.9. The van der Waals surface area contributed by atoms with Crippen molar-refractivity contribution in [1.82, 2.24) is 20.4 Å². The van der Waals surface area contributed by atoms with E-state index in [9.17, 15) is 9.59 Å². The number of benzene rings is 1. The molecule has 1 saturated carbocycles. The topological polar surface area (TPSA) is 89.2 Å². The van der Waals surface area contributed by atoms with Crippen LogP contribution in [0.5, 0.6) is 0 Å². The fraction of sp³-hybridized carbons (Fsp3) is 0.375. The summed E-state index contributed by atoms with van der Waals surface area (Å²) in [6.07, 6.45) is 7.09. The molecule has 0 saturated heterocycles. The predicted molar refractivity (Wildman–Crippen MR) is 118 cm³/mol. The highest BCUT2D eigenvalue weighted by molar-refractivity contribution is 5.99. The molecule has 31 heavy (non-hydrogen) atoms. The minimum atomic E-state index is -0.252. The molecule has 2 N–H and O–H groups in total. The van der Waals surface area contributed by atoms with Crippen LogP contribution in [0.15, 0.2) is 53.1 Å². The Morgan fingerprint density at radius 3 is 2.48 bits per heavy atom. The van der Waals surface area contributed by atoms with Gasteiger partial charge in [-0.2, -0.15) is 5.10 Å². The number of aromatic nitrogens is 2. The molecule has 7 nitrogen and oxygen atoms in total. The smallest absolute Gasteiger partial charge is 0.255 e. The molecule has 0 radical (unpaired) electrons. The van der Waals surface area contributed by atoms with E-state index in [1.165, 1.54) is 6.42 Å². The van der Waals surface area contributed by atoms with Crippen molar-refractivity contribution in [3.63, 3.8) is 0 Å². The van der Waals surface area contributed by atoms with Crippen molar-refractivity contribution < 1.29 is 14.0 Å². The quantitative estimate of drug-likeness (QED) is 0.568. The van der Waals surface area contributed by atoms with Crippen LogP contribution < -0.4 is 10.6 Å². The van der Waals surface area contributed by atoms with Crippen molar-refractivity contribution in [2.75, 3.05) is 13.1 Å². The van der Waals surface area contributed by atoms with E-state index in [2.05, 4.69) is 15.7 Å². The number of carbonyl (C=O) groups is 2. The molecule has 3 aromatic rings. The lowest BCUT2D eigenvalue weighted by Crippen LogP contribution is -2.38. The molecule has 1 aliphatic carbocycles. The van der Waals surface area contributed by atoms with E-state index in [1.54, 1.807) is 10.9 Å². The molecule has 1 aliphatic rings. The highest BCUT2D eigenvalue weighted by atomic mass is 16.3. The van der Waals surface area contributed by atoms with Gasteiger partial charge < -0.3 is 15.1 Å². The molecule has 2 amide bonds. The van der Waals surface area contributed by atoms with Crippen LogP contribution in [0.25, 0.3) is 17.1 Å². The van der Waals surface area contributed by atoms with E-state index >= 15 is 0 Å². The number of nitrogens with one attached hydrogen (secondary N) is 2. The minimum absolute atomic E-state index is 0.0950. The Balaban J connectivity index is 1.43. The summed E-state index contributed by atoms with van der Waals surface area (Å²) in [5, 5.41) is 10.4. The largest absolute Gasteiger partial charge is 0.460 e. The summed E-state index contributed by atoms with van der Waals surface area (Å²) < 4.78 is 7.39. The van der Waals surface area contributed by atoms with Crippen LogP contribution in [-0.4, -0.2) is 34.7 Å². The number of nitrogens with zero attached hydrogens (tertiary/aromatic N) is 2. The fourth-order valence-electron chi connectivity index (χ4n) is 3.96. The molecule has 1 fully saturated rings. The van der Waals surface area contributed by atoms with Crippen molar-refractivity contribution in [3.05, 3.63) is 60.0 Å². The molecule has 162 valence electrons. The Morgan fingerprint density at radius 2 is 1.77 bits per heavy atom. The van der Waals surface area contributed by atoms with Gasteiger partial charge in [-0.05, 0) is 44.0 Å². The van der Waals surface area contributed by atoms with Crippen LogP contribution >= 0.6 is 0 Å². The maximum Gasteiger partial charge on any atom is 0.255 e. The highest BCUT2D eigenvalue weighted by Crippen LogP contribution is 2.26. The second-order valence-electron chi connectivity index (χ2n) is 7.96. The third kappa shape index (κ3) is 5.05. The average Bonchev–Trinajstić information content (AvgIpc) is 3.44. The number of carbonyl (C=O) groups excluding carboxylic acids is 2. The molecule has 2 heterocycles. The van der Waals surface area contributed by atoms with E-state index < -0.39 is 0 Å². The van der Waals surface area contributed by atoms with Gasteiger partial charge in [0.1, 0.15) is 11.5 Å². The van der Waals surface area contributed by atoms with Crippen LogP contribution in [0.2, 0.25) is 0 Å². The second-order valence-corrected chi connectivity index (χ2v) is 7.96. The number of hydrogen-bond donors (Lipinski definition) is 2. The SMILES string of the molecule is Cc1ccc(-c2nn(-c3ccccc3)cc2C(=O)NCCNC(=O)C2CCCCC2)o1. The predicted octanol–water partition coefficient (Wildman–Crippen LogP) is 3.87. The van der Waals surface area contributed by atoms with Gasteiger partial charge in [0.05, 0.1) is 11.3 Å². The van der Waals surface area contributed by atoms with E-state index in [0.717, 1.165) is 37.1 Å². The van der Waals surface area contributed by atoms with Gasteiger partial charge in [0.15, 0.2) is 5.76 Å². The summed E-state index contributed by atoms with van der Waals surface area (Å²) in [6.45, 7) is 2.61. The molecule has 0 unspecified atom stereocenters. The summed E-state index contributed by atoms with van der Waals surface area (Å²) >= 11 is 0. The van der Waals surface area contributed by atoms with Crippen molar-refractivity contribution in [2.45, 2.75) is 39.0 Å². The van der Waals surface area contributed by atoms with Crippen LogP contribution in [-0.2, 0) is 4.79 Å². The lowest BCUT2D eigenvalue weighted by Gasteiger charge is -2.20. The highest BCUT2D eigenvalue weighted by Gasteiger charge is 2.22. The Bertz CT molecular complexity index is 1030. The van der Waals surface area contributed by atoms with E-state index in [-0.39, 0.29) is 17.7 Å². The summed E-state index contributed by atoms with van der Waals surface area (Å²) in [4.78, 5) is 25.2. The number of hydrogen-bond acceptors (Lipinski definition) is 4. The van der Waals surface area contributed by atoms with Crippen molar-refractivity contribution in [1.29, 1.82) is 0 Å². The lowest BCUT2D eigenvalue weighted by atomic mass is 9.89. The molecule has 7 heteroatoms. The van der Waals surface area contributed by atoms with E-state index in [1.807, 2.05) is 49.4 Å². The van der Waals surface area contributed by atoms with Gasteiger partial charge in [0, 0.05) is 25.2 Å². The number of para-hydroxylation sites is 1. The Hall–Kier alpha value is -3.35. The van der Waals surface area contributed by atoms with Crippen molar-refractivity contribution in [3.8, 4) is 17.1 Å². The molecule has 0 spiro atoms. The molecule has 0 atom stereocenters. The zero-order valence-corrected chi connectivity index (χ0v) is 17.8. The summed E-state index contributed by atoms with van der Waals surface area (Å²) in [5.74, 6) is 1.25. The number of furan rings is 1. The first-order chi connectivity index (χ1) is 15.1. The third-order valence-electron chi connectivity index (χ3n) is 5.64. The Kier molecular flexibility index (Phi) is 6.50. The van der Waals surface area contributed by atoms with Gasteiger partial charge in [-0.1, -0.05) is 37.5 Å². The molecule has 0 bridgehead atoms. The van der Waals surface area contributed by atoms with E-state index in [0.29, 0.717) is 30.1 Å². The first-order valence-corrected chi connectivity index (χ1v) is 10.9. The van der Waals surface area contributed by atoms with Crippen LogP contribution in [0.1, 0.15) is 48.2 Å². The van der Waals surface area contributed by atoms with Crippen LogP contribution in [0.4, 0.5) is 0 Å². The van der Waals surface area contributed by atoms with Gasteiger partial charge in [0.25, 0.3) is 5.91 Å². The monoisotopic (exact) mass is 420 g/mol. The van der Waals surface area contributed by atoms with E-state index in [4.69, 9.17) is 4.42 Å². The zero-order valence-electron chi connectivity index (χ0n) is 17.8. The first kappa shape index (κ1) is 20.9. The van der Waals surface area contributed by atoms with Gasteiger partial charge in [-0.15, -0.1) is 0 Å². The Morgan fingerprint density at radius 1 is 1.03 bits per heavy atom. The fourth-order valence-corrected chi connectivity index (χ4v) is 3.96. The van der Waals surface area contributed by atoms with Gasteiger partial charge >= 0.3 is 0 Å². The van der Waals surface area contributed by atoms with Gasteiger partial charge in [-0.25, -0.2) is 4.68 Å². The van der Waals surface area contributed by atoms with Crippen molar-refractivity contribution in [2.24, 2.45) is 5.92 Å². The maximum absolute atomic E-state index is 12.9. The lowest BCUT2D eigenvalue weighted by molar-refractivity contribution is -0.125. The molecule has 4 rings (SSSR count). The summed E-state index contributed by atoms with van der Waals surface area (Å²) in [5.41, 5.74) is 1.77.